The highest BCUT2D eigenvalue weighted by Crippen LogP contribution is 2.13. The zero-order valence-corrected chi connectivity index (χ0v) is 10.5. The van der Waals surface area contributed by atoms with Crippen molar-refractivity contribution >= 4 is 5.97 Å². The number of nitrogens with zero attached hydrogens (tertiary/aromatic N) is 1. The number of rotatable bonds is 8. The zero-order chi connectivity index (χ0) is 13.4. The van der Waals surface area contributed by atoms with Gasteiger partial charge in [-0.1, -0.05) is 6.07 Å². The molecule has 0 saturated heterocycles. The highest BCUT2D eigenvalue weighted by Gasteiger charge is 2.04. The van der Waals surface area contributed by atoms with Crippen LogP contribution in [-0.4, -0.2) is 54.4 Å². The minimum atomic E-state index is -0.958. The normalized spacial score (nSPS) is 10.6. The molecule has 1 aromatic carbocycles. The van der Waals surface area contributed by atoms with E-state index in [1.54, 1.807) is 12.1 Å². The van der Waals surface area contributed by atoms with Gasteiger partial charge in [0.2, 0.25) is 0 Å². The van der Waals surface area contributed by atoms with Crippen LogP contribution in [0.5, 0.6) is 5.75 Å². The first-order chi connectivity index (χ1) is 8.63. The Hall–Kier alpha value is -1.59. The number of ether oxygens (including phenoxy) is 1. The van der Waals surface area contributed by atoms with Crippen molar-refractivity contribution in [2.45, 2.75) is 6.42 Å². The maximum absolute atomic E-state index is 10.8. The average Bonchev–Trinajstić information content (AvgIpc) is 2.36. The van der Waals surface area contributed by atoms with Crippen LogP contribution in [0.4, 0.5) is 0 Å². The first-order valence-electron chi connectivity index (χ1n) is 5.89. The molecule has 0 spiro atoms. The van der Waals surface area contributed by atoms with Crippen LogP contribution in [-0.2, 0) is 0 Å². The van der Waals surface area contributed by atoms with Crippen LogP contribution in [0.15, 0.2) is 24.3 Å². The highest BCUT2D eigenvalue weighted by molar-refractivity contribution is 5.87. The Morgan fingerprint density at radius 1 is 1.39 bits per heavy atom. The number of carboxylic acid groups (broad SMARTS) is 1. The lowest BCUT2D eigenvalue weighted by atomic mass is 10.2. The Balaban J connectivity index is 2.35. The third-order valence-corrected chi connectivity index (χ3v) is 2.52. The number of aliphatic hydroxyl groups excluding tert-OH is 1. The monoisotopic (exact) mass is 253 g/mol. The highest BCUT2D eigenvalue weighted by atomic mass is 16.5. The van der Waals surface area contributed by atoms with Gasteiger partial charge in [0.25, 0.3) is 0 Å². The summed E-state index contributed by atoms with van der Waals surface area (Å²) >= 11 is 0. The van der Waals surface area contributed by atoms with Crippen molar-refractivity contribution in [3.05, 3.63) is 29.8 Å². The van der Waals surface area contributed by atoms with Gasteiger partial charge in [-0.3, -0.25) is 0 Å². The molecule has 0 saturated carbocycles. The van der Waals surface area contributed by atoms with Crippen LogP contribution in [0.3, 0.4) is 0 Å². The number of hydrogen-bond donors (Lipinski definition) is 2. The van der Waals surface area contributed by atoms with Crippen molar-refractivity contribution < 1.29 is 19.7 Å². The standard InChI is InChI=1S/C13H19NO4/c1-14(6-3-8-15)7-9-18-12-5-2-4-11(10-12)13(16)17/h2,4-5,10,15H,3,6-9H2,1H3,(H,16,17). The number of aliphatic hydroxyl groups is 1. The number of carbonyl (C=O) groups is 1. The summed E-state index contributed by atoms with van der Waals surface area (Å²) in [6, 6.07) is 6.44. The van der Waals surface area contributed by atoms with Gasteiger partial charge in [-0.25, -0.2) is 4.79 Å². The molecule has 5 nitrogen and oxygen atoms in total. The fourth-order valence-corrected chi connectivity index (χ4v) is 1.49. The first kappa shape index (κ1) is 14.5. The van der Waals surface area contributed by atoms with Gasteiger partial charge >= 0.3 is 5.97 Å². The van der Waals surface area contributed by atoms with E-state index in [9.17, 15) is 4.79 Å². The largest absolute Gasteiger partial charge is 0.492 e. The molecule has 18 heavy (non-hydrogen) atoms. The van der Waals surface area contributed by atoms with Gasteiger partial charge in [-0.15, -0.1) is 0 Å². The van der Waals surface area contributed by atoms with Crippen LogP contribution < -0.4 is 4.74 Å². The second kappa shape index (κ2) is 7.68. The summed E-state index contributed by atoms with van der Waals surface area (Å²) in [5.41, 5.74) is 0.223. The molecule has 0 aromatic heterocycles. The Kier molecular flexibility index (Phi) is 6.18. The van der Waals surface area contributed by atoms with E-state index in [1.807, 2.05) is 7.05 Å². The Labute approximate surface area is 107 Å². The Morgan fingerprint density at radius 3 is 2.83 bits per heavy atom. The van der Waals surface area contributed by atoms with Crippen molar-refractivity contribution in [2.24, 2.45) is 0 Å². The average molecular weight is 253 g/mol. The molecule has 0 aliphatic heterocycles. The minimum absolute atomic E-state index is 0.186. The number of hydrogen-bond acceptors (Lipinski definition) is 4. The van der Waals surface area contributed by atoms with E-state index >= 15 is 0 Å². The number of aromatic carboxylic acids is 1. The molecule has 0 fully saturated rings. The zero-order valence-electron chi connectivity index (χ0n) is 10.5. The number of carboxylic acids is 1. The fourth-order valence-electron chi connectivity index (χ4n) is 1.49. The van der Waals surface area contributed by atoms with Gasteiger partial charge in [-0.2, -0.15) is 0 Å². The van der Waals surface area contributed by atoms with Gasteiger partial charge in [0, 0.05) is 19.7 Å². The second-order valence-corrected chi connectivity index (χ2v) is 4.06. The molecule has 1 aromatic rings. The smallest absolute Gasteiger partial charge is 0.335 e. The van der Waals surface area contributed by atoms with Gasteiger partial charge in [0.15, 0.2) is 0 Å². The summed E-state index contributed by atoms with van der Waals surface area (Å²) < 4.78 is 5.48. The summed E-state index contributed by atoms with van der Waals surface area (Å²) in [6.45, 7) is 2.23. The Morgan fingerprint density at radius 2 is 2.17 bits per heavy atom. The molecule has 5 heteroatoms. The third kappa shape index (κ3) is 5.16. The minimum Gasteiger partial charge on any atom is -0.492 e. The van der Waals surface area contributed by atoms with Crippen molar-refractivity contribution in [3.63, 3.8) is 0 Å². The van der Waals surface area contributed by atoms with E-state index in [0.717, 1.165) is 19.5 Å². The lowest BCUT2D eigenvalue weighted by molar-refractivity contribution is 0.0696. The molecule has 0 aliphatic carbocycles. The quantitative estimate of drug-likeness (QED) is 0.725. The number of benzene rings is 1. The molecule has 0 amide bonds. The van der Waals surface area contributed by atoms with E-state index in [1.165, 1.54) is 12.1 Å². The van der Waals surface area contributed by atoms with E-state index in [4.69, 9.17) is 14.9 Å². The van der Waals surface area contributed by atoms with Crippen molar-refractivity contribution in [1.29, 1.82) is 0 Å². The van der Waals surface area contributed by atoms with Crippen LogP contribution in [0.25, 0.3) is 0 Å². The lowest BCUT2D eigenvalue weighted by Crippen LogP contribution is -2.25. The van der Waals surface area contributed by atoms with Gasteiger partial charge < -0.3 is 19.8 Å². The molecule has 0 bridgehead atoms. The second-order valence-electron chi connectivity index (χ2n) is 4.06. The molecule has 2 N–H and O–H groups in total. The summed E-state index contributed by atoms with van der Waals surface area (Å²) in [7, 11) is 1.95. The summed E-state index contributed by atoms with van der Waals surface area (Å²) in [5.74, 6) is -0.397. The van der Waals surface area contributed by atoms with Gasteiger partial charge in [-0.05, 0) is 31.7 Å². The van der Waals surface area contributed by atoms with Gasteiger partial charge in [0.1, 0.15) is 12.4 Å². The lowest BCUT2D eigenvalue weighted by Gasteiger charge is -2.16. The SMILES string of the molecule is CN(CCCO)CCOc1cccc(C(=O)O)c1. The number of likely N-dealkylation sites (N-methyl/N-ethyl adjacent to an activating group) is 1. The maximum Gasteiger partial charge on any atom is 0.335 e. The Bertz CT molecular complexity index is 381. The molecule has 0 aliphatic rings. The van der Waals surface area contributed by atoms with E-state index < -0.39 is 5.97 Å². The molecule has 0 unspecified atom stereocenters. The summed E-state index contributed by atoms with van der Waals surface area (Å²) in [4.78, 5) is 12.8. The van der Waals surface area contributed by atoms with E-state index in [2.05, 4.69) is 4.90 Å². The molecule has 0 radical (unpaired) electrons. The van der Waals surface area contributed by atoms with Gasteiger partial charge in [0.05, 0.1) is 5.56 Å². The topological polar surface area (TPSA) is 70.0 Å². The van der Waals surface area contributed by atoms with Crippen LogP contribution in [0.2, 0.25) is 0 Å². The third-order valence-electron chi connectivity index (χ3n) is 2.52. The molecular weight excluding hydrogens is 234 g/mol. The van der Waals surface area contributed by atoms with E-state index in [0.29, 0.717) is 12.4 Å². The predicted octanol–water partition coefficient (Wildman–Crippen LogP) is 1.08. The summed E-state index contributed by atoms with van der Waals surface area (Å²) in [5, 5.41) is 17.5. The van der Waals surface area contributed by atoms with Crippen LogP contribution in [0.1, 0.15) is 16.8 Å². The van der Waals surface area contributed by atoms with Crippen LogP contribution in [0, 0.1) is 0 Å². The van der Waals surface area contributed by atoms with Crippen molar-refractivity contribution in [1.82, 2.24) is 4.90 Å². The maximum atomic E-state index is 10.8. The summed E-state index contributed by atoms with van der Waals surface area (Å²) in [6.07, 6.45) is 0.741. The van der Waals surface area contributed by atoms with E-state index in [-0.39, 0.29) is 12.2 Å². The fraction of sp³-hybridized carbons (Fsp3) is 0.462. The molecule has 1 rings (SSSR count). The molecular formula is C13H19NO4. The van der Waals surface area contributed by atoms with Crippen LogP contribution >= 0.6 is 0 Å². The van der Waals surface area contributed by atoms with Crippen molar-refractivity contribution in [3.8, 4) is 5.75 Å². The van der Waals surface area contributed by atoms with Crippen molar-refractivity contribution in [2.75, 3.05) is 33.4 Å². The molecule has 100 valence electrons. The molecule has 0 atom stereocenters. The first-order valence-corrected chi connectivity index (χ1v) is 5.89. The molecule has 0 heterocycles. The predicted molar refractivity (Wildman–Crippen MR) is 68.1 cm³/mol.